The summed E-state index contributed by atoms with van der Waals surface area (Å²) < 4.78 is 0. The first-order chi connectivity index (χ1) is 7.15. The van der Waals surface area contributed by atoms with Crippen molar-refractivity contribution in [2.24, 2.45) is 0 Å². The zero-order valence-electron chi connectivity index (χ0n) is 9.24. The lowest BCUT2D eigenvalue weighted by atomic mass is 10.2. The Morgan fingerprint density at radius 1 is 1.60 bits per heavy atom. The molecule has 4 heteroatoms. The summed E-state index contributed by atoms with van der Waals surface area (Å²) in [5.41, 5.74) is 1.52. The van der Waals surface area contributed by atoms with E-state index in [1.807, 2.05) is 6.92 Å². The minimum atomic E-state index is 0.362. The Labute approximate surface area is 94.9 Å². The van der Waals surface area contributed by atoms with Gasteiger partial charge in [0.05, 0.1) is 11.6 Å². The largest absolute Gasteiger partial charge is 0.367 e. The topological polar surface area (TPSA) is 48.7 Å². The molecule has 0 aliphatic heterocycles. The summed E-state index contributed by atoms with van der Waals surface area (Å²) in [5, 5.41) is 12.1. The van der Waals surface area contributed by atoms with Crippen LogP contribution >= 0.6 is 11.8 Å². The number of thioether (sulfide) groups is 1. The van der Waals surface area contributed by atoms with Gasteiger partial charge in [-0.05, 0) is 32.2 Å². The van der Waals surface area contributed by atoms with E-state index in [2.05, 4.69) is 29.5 Å². The quantitative estimate of drug-likeness (QED) is 0.848. The van der Waals surface area contributed by atoms with Crippen LogP contribution in [0.25, 0.3) is 0 Å². The monoisotopic (exact) mass is 221 g/mol. The number of nitrogens with one attached hydrogen (secondary N) is 1. The molecule has 1 atom stereocenters. The average molecular weight is 221 g/mol. The summed E-state index contributed by atoms with van der Waals surface area (Å²) in [7, 11) is 0. The second-order valence-corrected chi connectivity index (χ2v) is 4.41. The summed E-state index contributed by atoms with van der Waals surface area (Å²) in [6.07, 6.45) is 2.07. The highest BCUT2D eigenvalue weighted by Gasteiger charge is 2.03. The number of pyridine rings is 1. The third kappa shape index (κ3) is 3.80. The van der Waals surface area contributed by atoms with Crippen LogP contribution in [-0.2, 0) is 0 Å². The molecule has 0 radical (unpaired) electrons. The van der Waals surface area contributed by atoms with Gasteiger partial charge in [-0.15, -0.1) is 0 Å². The maximum Gasteiger partial charge on any atom is 0.127 e. The lowest BCUT2D eigenvalue weighted by molar-refractivity contribution is 0.900. The Hall–Kier alpha value is -1.21. The minimum absolute atomic E-state index is 0.362. The van der Waals surface area contributed by atoms with Gasteiger partial charge in [0.15, 0.2) is 0 Å². The first-order valence-electron chi connectivity index (χ1n) is 4.80. The molecule has 0 aromatic carbocycles. The molecule has 1 heterocycles. The van der Waals surface area contributed by atoms with Crippen LogP contribution < -0.4 is 5.32 Å². The van der Waals surface area contributed by atoms with Gasteiger partial charge >= 0.3 is 0 Å². The molecule has 1 N–H and O–H groups in total. The Morgan fingerprint density at radius 3 is 2.93 bits per heavy atom. The second-order valence-electron chi connectivity index (χ2n) is 3.49. The van der Waals surface area contributed by atoms with Crippen LogP contribution in [0.3, 0.4) is 0 Å². The Bertz CT molecular complexity index is 371. The smallest absolute Gasteiger partial charge is 0.127 e. The van der Waals surface area contributed by atoms with Gasteiger partial charge in [0.25, 0.3) is 0 Å². The van der Waals surface area contributed by atoms with Crippen LogP contribution in [0.5, 0.6) is 0 Å². The van der Waals surface area contributed by atoms with Gasteiger partial charge in [0, 0.05) is 17.5 Å². The van der Waals surface area contributed by atoms with E-state index in [1.54, 1.807) is 23.9 Å². The van der Waals surface area contributed by atoms with E-state index in [4.69, 9.17) is 5.26 Å². The average Bonchev–Trinajstić information content (AvgIpc) is 2.17. The molecule has 0 saturated carbocycles. The molecule has 1 aromatic rings. The molecule has 3 nitrogen and oxygen atoms in total. The van der Waals surface area contributed by atoms with E-state index in [0.29, 0.717) is 11.6 Å². The van der Waals surface area contributed by atoms with Crippen molar-refractivity contribution >= 4 is 17.6 Å². The Balaban J connectivity index is 2.77. The number of hydrogen-bond acceptors (Lipinski definition) is 4. The van der Waals surface area contributed by atoms with Gasteiger partial charge < -0.3 is 5.32 Å². The highest BCUT2D eigenvalue weighted by molar-refractivity contribution is 7.98. The zero-order valence-corrected chi connectivity index (χ0v) is 10.1. The minimum Gasteiger partial charge on any atom is -0.367 e. The first kappa shape index (κ1) is 11.9. The summed E-state index contributed by atoms with van der Waals surface area (Å²) in [6, 6.07) is 6.05. The molecule has 0 amide bonds. The molecule has 1 rings (SSSR count). The van der Waals surface area contributed by atoms with Gasteiger partial charge in [-0.1, -0.05) is 0 Å². The van der Waals surface area contributed by atoms with Gasteiger partial charge in [0.1, 0.15) is 5.82 Å². The molecule has 0 bridgehead atoms. The van der Waals surface area contributed by atoms with E-state index in [0.717, 1.165) is 17.3 Å². The number of aromatic nitrogens is 1. The van der Waals surface area contributed by atoms with Crippen molar-refractivity contribution in [1.82, 2.24) is 4.98 Å². The Kier molecular flexibility index (Phi) is 4.44. The van der Waals surface area contributed by atoms with E-state index >= 15 is 0 Å². The molecule has 0 aliphatic carbocycles. The SMILES string of the molecule is CSCC(C)Nc1cc(C#N)cc(C)n1. The molecule has 0 aliphatic rings. The lowest BCUT2D eigenvalue weighted by Crippen LogP contribution is -2.18. The van der Waals surface area contributed by atoms with Crippen molar-refractivity contribution in [3.05, 3.63) is 23.4 Å². The predicted molar refractivity (Wildman–Crippen MR) is 65.2 cm³/mol. The maximum atomic E-state index is 8.81. The number of rotatable bonds is 4. The summed E-state index contributed by atoms with van der Waals surface area (Å²) in [6.45, 7) is 4.00. The van der Waals surface area contributed by atoms with Crippen LogP contribution in [0.4, 0.5) is 5.82 Å². The maximum absolute atomic E-state index is 8.81. The van der Waals surface area contributed by atoms with Gasteiger partial charge in [-0.3, -0.25) is 0 Å². The summed E-state index contributed by atoms with van der Waals surface area (Å²) in [5.74, 6) is 1.81. The highest BCUT2D eigenvalue weighted by Crippen LogP contribution is 2.11. The van der Waals surface area contributed by atoms with Gasteiger partial charge in [-0.2, -0.15) is 17.0 Å². The van der Waals surface area contributed by atoms with Gasteiger partial charge in [0.2, 0.25) is 0 Å². The number of nitrogens with zero attached hydrogens (tertiary/aromatic N) is 2. The number of hydrogen-bond donors (Lipinski definition) is 1. The molecule has 15 heavy (non-hydrogen) atoms. The van der Waals surface area contributed by atoms with Crippen molar-refractivity contribution in [3.63, 3.8) is 0 Å². The third-order valence-corrected chi connectivity index (χ3v) is 2.73. The van der Waals surface area contributed by atoms with Crippen molar-refractivity contribution in [1.29, 1.82) is 5.26 Å². The molecular weight excluding hydrogens is 206 g/mol. The van der Waals surface area contributed by atoms with Crippen LogP contribution in [0, 0.1) is 18.3 Å². The lowest BCUT2D eigenvalue weighted by Gasteiger charge is -2.13. The zero-order chi connectivity index (χ0) is 11.3. The second kappa shape index (κ2) is 5.62. The Morgan fingerprint density at radius 2 is 2.33 bits per heavy atom. The molecule has 1 unspecified atom stereocenters. The van der Waals surface area contributed by atoms with Crippen LogP contribution in [0.15, 0.2) is 12.1 Å². The number of nitriles is 1. The third-order valence-electron chi connectivity index (χ3n) is 1.89. The van der Waals surface area contributed by atoms with E-state index in [1.165, 1.54) is 0 Å². The van der Waals surface area contributed by atoms with Crippen LogP contribution in [0.1, 0.15) is 18.2 Å². The van der Waals surface area contributed by atoms with Crippen molar-refractivity contribution in [2.75, 3.05) is 17.3 Å². The van der Waals surface area contributed by atoms with E-state index in [-0.39, 0.29) is 0 Å². The van der Waals surface area contributed by atoms with E-state index in [9.17, 15) is 0 Å². The molecule has 0 spiro atoms. The van der Waals surface area contributed by atoms with Gasteiger partial charge in [-0.25, -0.2) is 4.98 Å². The fourth-order valence-electron chi connectivity index (χ4n) is 1.35. The van der Waals surface area contributed by atoms with Crippen molar-refractivity contribution in [2.45, 2.75) is 19.9 Å². The first-order valence-corrected chi connectivity index (χ1v) is 6.19. The standard InChI is InChI=1S/C11H15N3S/c1-8-4-10(6-12)5-11(13-8)14-9(2)7-15-3/h4-5,9H,7H2,1-3H3,(H,13,14). The fraction of sp³-hybridized carbons (Fsp3) is 0.455. The molecule has 0 saturated heterocycles. The molecule has 0 fully saturated rings. The number of anilines is 1. The van der Waals surface area contributed by atoms with E-state index < -0.39 is 0 Å². The predicted octanol–water partition coefficient (Wildman–Crippen LogP) is 2.43. The normalized spacial score (nSPS) is 11.9. The van der Waals surface area contributed by atoms with Crippen LogP contribution in [0.2, 0.25) is 0 Å². The van der Waals surface area contributed by atoms with Crippen LogP contribution in [-0.4, -0.2) is 23.0 Å². The summed E-state index contributed by atoms with van der Waals surface area (Å²) >= 11 is 1.79. The summed E-state index contributed by atoms with van der Waals surface area (Å²) in [4.78, 5) is 4.33. The number of aryl methyl sites for hydroxylation is 1. The van der Waals surface area contributed by atoms with Crippen molar-refractivity contribution < 1.29 is 0 Å². The highest BCUT2D eigenvalue weighted by atomic mass is 32.2. The molecular formula is C11H15N3S. The molecule has 80 valence electrons. The fourth-order valence-corrected chi connectivity index (χ4v) is 1.93. The van der Waals surface area contributed by atoms with Crippen molar-refractivity contribution in [3.8, 4) is 6.07 Å². The molecule has 1 aromatic heterocycles.